The van der Waals surface area contributed by atoms with E-state index in [0.717, 1.165) is 5.57 Å². The summed E-state index contributed by atoms with van der Waals surface area (Å²) in [4.78, 5) is 0. The second kappa shape index (κ2) is 6.67. The van der Waals surface area contributed by atoms with Crippen molar-refractivity contribution in [3.05, 3.63) is 70.0 Å². The van der Waals surface area contributed by atoms with E-state index in [1.807, 2.05) is 0 Å². The largest absolute Gasteiger partial charge is 0.512 e. The molecule has 1 aliphatic carbocycles. The van der Waals surface area contributed by atoms with Gasteiger partial charge in [-0.05, 0) is 38.5 Å². The Morgan fingerprint density at radius 1 is 0.692 bits per heavy atom. The third kappa shape index (κ3) is 2.96. The van der Waals surface area contributed by atoms with Crippen LogP contribution in [0.5, 0.6) is 23.0 Å². The van der Waals surface area contributed by atoms with Crippen molar-refractivity contribution in [2.24, 2.45) is 0 Å². The molecule has 2 aromatic rings. The molecule has 3 rings (SSSR count). The quantitative estimate of drug-likeness (QED) is 0.562. The Morgan fingerprint density at radius 3 is 1.62 bits per heavy atom. The van der Waals surface area contributed by atoms with Crippen LogP contribution < -0.4 is 0 Å². The first-order chi connectivity index (χ1) is 12.3. The molecule has 0 saturated carbocycles. The van der Waals surface area contributed by atoms with Gasteiger partial charge in [0.1, 0.15) is 23.0 Å². The van der Waals surface area contributed by atoms with E-state index in [1.165, 1.54) is 12.1 Å². The van der Waals surface area contributed by atoms with Crippen LogP contribution in [0, 0.1) is 13.8 Å². The normalized spacial score (nSPS) is 14.3. The molecule has 0 fully saturated rings. The molecule has 0 radical (unpaired) electrons. The Labute approximate surface area is 151 Å². The van der Waals surface area contributed by atoms with E-state index in [2.05, 4.69) is 0 Å². The molecule has 0 bridgehead atoms. The average Bonchev–Trinajstić information content (AvgIpc) is 2.63. The van der Waals surface area contributed by atoms with E-state index in [-0.39, 0.29) is 28.8 Å². The highest BCUT2D eigenvalue weighted by Crippen LogP contribution is 2.47. The molecule has 5 nitrogen and oxygen atoms in total. The van der Waals surface area contributed by atoms with Crippen molar-refractivity contribution in [2.45, 2.75) is 32.6 Å². The van der Waals surface area contributed by atoms with Gasteiger partial charge in [-0.1, -0.05) is 23.8 Å². The van der Waals surface area contributed by atoms with Crippen LogP contribution in [0.4, 0.5) is 0 Å². The van der Waals surface area contributed by atoms with Gasteiger partial charge in [-0.25, -0.2) is 0 Å². The highest BCUT2D eigenvalue weighted by atomic mass is 16.3. The van der Waals surface area contributed by atoms with Crippen molar-refractivity contribution in [2.75, 3.05) is 0 Å². The molecule has 136 valence electrons. The van der Waals surface area contributed by atoms with Crippen LogP contribution in [-0.2, 0) is 0 Å². The van der Waals surface area contributed by atoms with Crippen molar-refractivity contribution < 1.29 is 25.5 Å². The lowest BCUT2D eigenvalue weighted by Gasteiger charge is -2.26. The molecule has 0 amide bonds. The van der Waals surface area contributed by atoms with Crippen molar-refractivity contribution in [1.82, 2.24) is 0 Å². The summed E-state index contributed by atoms with van der Waals surface area (Å²) in [7, 11) is 0. The maximum Gasteiger partial charge on any atom is 0.126 e. The van der Waals surface area contributed by atoms with Gasteiger partial charge in [0.2, 0.25) is 0 Å². The summed E-state index contributed by atoms with van der Waals surface area (Å²) in [6, 6.07) is 6.28. The monoisotopic (exact) mass is 354 g/mol. The summed E-state index contributed by atoms with van der Waals surface area (Å²) in [6.07, 6.45) is 4.43. The molecule has 0 unspecified atom stereocenters. The lowest BCUT2D eigenvalue weighted by atomic mass is 9.79. The van der Waals surface area contributed by atoms with Gasteiger partial charge in [-0.2, -0.15) is 0 Å². The van der Waals surface area contributed by atoms with Crippen LogP contribution in [0.15, 0.2) is 47.7 Å². The van der Waals surface area contributed by atoms with E-state index >= 15 is 0 Å². The number of phenolic OH excluding ortho intramolecular Hbond substituents is 4. The van der Waals surface area contributed by atoms with Crippen LogP contribution >= 0.6 is 0 Å². The molecule has 0 heterocycles. The predicted octanol–water partition coefficient (Wildman–Crippen LogP) is 4.42. The number of hydrogen-bond acceptors (Lipinski definition) is 5. The highest BCUT2D eigenvalue weighted by Gasteiger charge is 2.28. The minimum absolute atomic E-state index is 0.00808. The third-order valence-electron chi connectivity index (χ3n) is 5.02. The maximum absolute atomic E-state index is 10.6. The van der Waals surface area contributed by atoms with Gasteiger partial charge in [-0.15, -0.1) is 0 Å². The molecule has 2 aromatic carbocycles. The number of aliphatic hydroxyl groups excluding tert-OH is 1. The summed E-state index contributed by atoms with van der Waals surface area (Å²) < 4.78 is 0. The fraction of sp³-hybridized carbons (Fsp3) is 0.238. The van der Waals surface area contributed by atoms with Crippen LogP contribution in [0.2, 0.25) is 0 Å². The summed E-state index contributed by atoms with van der Waals surface area (Å²) >= 11 is 0. The zero-order valence-electron chi connectivity index (χ0n) is 14.7. The smallest absolute Gasteiger partial charge is 0.126 e. The molecular formula is C21H22O5. The maximum atomic E-state index is 10.6. The Morgan fingerprint density at radius 2 is 1.19 bits per heavy atom. The van der Waals surface area contributed by atoms with Gasteiger partial charge in [0.25, 0.3) is 0 Å². The van der Waals surface area contributed by atoms with E-state index in [1.54, 1.807) is 38.1 Å². The zero-order valence-corrected chi connectivity index (χ0v) is 14.7. The van der Waals surface area contributed by atoms with Gasteiger partial charge >= 0.3 is 0 Å². The number of phenols is 4. The first-order valence-electron chi connectivity index (χ1n) is 8.42. The Bertz CT molecular complexity index is 867. The molecule has 0 aromatic heterocycles. The number of allylic oxidation sites excluding steroid dienone is 4. The van der Waals surface area contributed by atoms with Crippen LogP contribution in [-0.4, -0.2) is 25.5 Å². The Hall–Kier alpha value is -3.08. The first kappa shape index (κ1) is 17.7. The SMILES string of the molecule is Cc1c(O)ccc(C(C2=CC=C(O)CC2)c2ccc(O)c(C)c2O)c1O. The van der Waals surface area contributed by atoms with E-state index in [0.29, 0.717) is 35.1 Å². The second-order valence-corrected chi connectivity index (χ2v) is 6.63. The van der Waals surface area contributed by atoms with Crippen molar-refractivity contribution in [3.8, 4) is 23.0 Å². The van der Waals surface area contributed by atoms with Gasteiger partial charge in [0, 0.05) is 34.6 Å². The number of hydrogen-bond donors (Lipinski definition) is 5. The summed E-state index contributed by atoms with van der Waals surface area (Å²) in [5.41, 5.74) is 2.71. The lowest BCUT2D eigenvalue weighted by molar-refractivity contribution is 0.384. The molecule has 5 N–H and O–H groups in total. The van der Waals surface area contributed by atoms with Crippen molar-refractivity contribution >= 4 is 0 Å². The minimum atomic E-state index is -0.474. The standard InChI is InChI=1S/C21H22O5/c1-11-17(23)9-7-15(20(11)25)19(13-3-5-14(22)6-4-13)16-8-10-18(24)12(2)21(16)26/h3,5,7-10,19,22-26H,4,6H2,1-2H3. The predicted molar refractivity (Wildman–Crippen MR) is 98.9 cm³/mol. The molecular weight excluding hydrogens is 332 g/mol. The number of benzene rings is 2. The van der Waals surface area contributed by atoms with Gasteiger partial charge in [0.05, 0.1) is 5.76 Å². The van der Waals surface area contributed by atoms with Crippen molar-refractivity contribution in [1.29, 1.82) is 0 Å². The zero-order chi connectivity index (χ0) is 19.0. The van der Waals surface area contributed by atoms with Gasteiger partial charge in [-0.3, -0.25) is 0 Å². The van der Waals surface area contributed by atoms with E-state index < -0.39 is 5.92 Å². The summed E-state index contributed by atoms with van der Waals surface area (Å²) in [5.74, 6) is -0.292. The third-order valence-corrected chi connectivity index (χ3v) is 5.02. The van der Waals surface area contributed by atoms with Crippen LogP contribution in [0.1, 0.15) is 41.0 Å². The molecule has 0 saturated heterocycles. The molecule has 0 atom stereocenters. The highest BCUT2D eigenvalue weighted by molar-refractivity contribution is 5.59. The number of rotatable bonds is 3. The number of aliphatic hydroxyl groups is 1. The fourth-order valence-electron chi connectivity index (χ4n) is 3.34. The second-order valence-electron chi connectivity index (χ2n) is 6.63. The fourth-order valence-corrected chi connectivity index (χ4v) is 3.34. The van der Waals surface area contributed by atoms with Crippen LogP contribution in [0.3, 0.4) is 0 Å². The summed E-state index contributed by atoms with van der Waals surface area (Å²) in [6.45, 7) is 3.24. The molecule has 26 heavy (non-hydrogen) atoms. The lowest BCUT2D eigenvalue weighted by Crippen LogP contribution is -2.09. The molecule has 5 heteroatoms. The molecule has 0 aliphatic heterocycles. The Balaban J connectivity index is 2.25. The van der Waals surface area contributed by atoms with Gasteiger partial charge < -0.3 is 25.5 Å². The van der Waals surface area contributed by atoms with Crippen LogP contribution in [0.25, 0.3) is 0 Å². The molecule has 1 aliphatic rings. The van der Waals surface area contributed by atoms with E-state index in [4.69, 9.17) is 0 Å². The Kier molecular flexibility index (Phi) is 4.55. The van der Waals surface area contributed by atoms with E-state index in [9.17, 15) is 25.5 Å². The van der Waals surface area contributed by atoms with Crippen molar-refractivity contribution in [3.63, 3.8) is 0 Å². The number of aromatic hydroxyl groups is 4. The van der Waals surface area contributed by atoms with Gasteiger partial charge in [0.15, 0.2) is 0 Å². The molecule has 0 spiro atoms. The average molecular weight is 354 g/mol. The first-order valence-corrected chi connectivity index (χ1v) is 8.42. The summed E-state index contributed by atoms with van der Waals surface area (Å²) in [5, 5.41) is 50.6. The minimum Gasteiger partial charge on any atom is -0.512 e. The topological polar surface area (TPSA) is 101 Å².